The number of nitrogens with zero attached hydrogens (tertiary/aromatic N) is 2. The lowest BCUT2D eigenvalue weighted by atomic mass is 10.3. The van der Waals surface area contributed by atoms with Gasteiger partial charge in [-0.15, -0.1) is 0 Å². The lowest BCUT2D eigenvalue weighted by Crippen LogP contribution is -2.29. The van der Waals surface area contributed by atoms with Crippen molar-refractivity contribution in [2.24, 2.45) is 0 Å². The number of thiazole rings is 1. The van der Waals surface area contributed by atoms with E-state index in [2.05, 4.69) is 10.3 Å². The van der Waals surface area contributed by atoms with E-state index in [9.17, 15) is 4.79 Å². The van der Waals surface area contributed by atoms with Gasteiger partial charge in [-0.05, 0) is 13.8 Å². The predicted molar refractivity (Wildman–Crippen MR) is 63.5 cm³/mol. The zero-order chi connectivity index (χ0) is 11.6. The Balaban J connectivity index is 2.89. The molecule has 84 valence electrons. The third-order valence-electron chi connectivity index (χ3n) is 1.65. The van der Waals surface area contributed by atoms with Crippen molar-refractivity contribution in [1.29, 1.82) is 0 Å². The van der Waals surface area contributed by atoms with Crippen molar-refractivity contribution in [3.8, 4) is 0 Å². The van der Waals surface area contributed by atoms with E-state index in [0.29, 0.717) is 10.7 Å². The van der Waals surface area contributed by atoms with Gasteiger partial charge in [0, 0.05) is 20.1 Å². The van der Waals surface area contributed by atoms with E-state index in [0.717, 1.165) is 5.13 Å². The van der Waals surface area contributed by atoms with Crippen molar-refractivity contribution in [2.75, 3.05) is 24.7 Å². The summed E-state index contributed by atoms with van der Waals surface area (Å²) < 4.78 is 0. The molecule has 0 aliphatic rings. The fraction of sp³-hybridized carbons (Fsp3) is 0.556. The number of nitrogens with one attached hydrogen (secondary N) is 1. The molecule has 0 aliphatic carbocycles. The van der Waals surface area contributed by atoms with E-state index in [4.69, 9.17) is 5.73 Å². The smallest absolute Gasteiger partial charge is 0.265 e. The molecule has 0 unspecified atom stereocenters. The molecule has 0 fully saturated rings. The van der Waals surface area contributed by atoms with Crippen LogP contribution in [-0.2, 0) is 0 Å². The van der Waals surface area contributed by atoms with Gasteiger partial charge in [-0.2, -0.15) is 0 Å². The standard InChI is InChI=1S/C9H16N4OS/c1-5(2)11-8(14)6-7(10)12-9(15-6)13(3)4/h5H,10H2,1-4H3,(H,11,14). The highest BCUT2D eigenvalue weighted by Gasteiger charge is 2.17. The molecule has 0 radical (unpaired) electrons. The first kappa shape index (κ1) is 11.8. The molecule has 0 saturated heterocycles. The molecule has 0 aliphatic heterocycles. The molecule has 3 N–H and O–H groups in total. The van der Waals surface area contributed by atoms with Crippen molar-refractivity contribution >= 4 is 28.2 Å². The number of amides is 1. The van der Waals surface area contributed by atoms with Crippen molar-refractivity contribution in [2.45, 2.75) is 19.9 Å². The number of aromatic nitrogens is 1. The highest BCUT2D eigenvalue weighted by molar-refractivity contribution is 7.18. The van der Waals surface area contributed by atoms with Crippen LogP contribution in [0.3, 0.4) is 0 Å². The van der Waals surface area contributed by atoms with Gasteiger partial charge in [0.15, 0.2) is 5.13 Å². The maximum atomic E-state index is 11.7. The van der Waals surface area contributed by atoms with Gasteiger partial charge in [0.05, 0.1) is 0 Å². The summed E-state index contributed by atoms with van der Waals surface area (Å²) in [6, 6.07) is 0.0989. The molecule has 0 aromatic carbocycles. The zero-order valence-corrected chi connectivity index (χ0v) is 10.2. The van der Waals surface area contributed by atoms with Gasteiger partial charge in [0.25, 0.3) is 5.91 Å². The highest BCUT2D eigenvalue weighted by atomic mass is 32.1. The van der Waals surface area contributed by atoms with E-state index in [1.165, 1.54) is 11.3 Å². The summed E-state index contributed by atoms with van der Waals surface area (Å²) in [6.45, 7) is 3.81. The molecular formula is C9H16N4OS. The van der Waals surface area contributed by atoms with Crippen LogP contribution < -0.4 is 16.0 Å². The molecule has 1 rings (SSSR count). The predicted octanol–water partition coefficient (Wildman–Crippen LogP) is 0.929. The topological polar surface area (TPSA) is 71.2 Å². The highest BCUT2D eigenvalue weighted by Crippen LogP contribution is 2.26. The fourth-order valence-electron chi connectivity index (χ4n) is 1.00. The van der Waals surface area contributed by atoms with Gasteiger partial charge in [0.2, 0.25) is 0 Å². The zero-order valence-electron chi connectivity index (χ0n) is 9.37. The third-order valence-corrected chi connectivity index (χ3v) is 2.89. The molecule has 0 bridgehead atoms. The second kappa shape index (κ2) is 4.48. The normalized spacial score (nSPS) is 10.5. The molecule has 6 heteroatoms. The Labute approximate surface area is 93.3 Å². The minimum atomic E-state index is -0.159. The minimum Gasteiger partial charge on any atom is -0.382 e. The number of carbonyl (C=O) groups is 1. The third kappa shape index (κ3) is 2.82. The van der Waals surface area contributed by atoms with E-state index in [1.54, 1.807) is 0 Å². The number of carbonyl (C=O) groups excluding carboxylic acids is 1. The van der Waals surface area contributed by atoms with Crippen molar-refractivity contribution in [3.05, 3.63) is 4.88 Å². The maximum Gasteiger partial charge on any atom is 0.265 e. The molecule has 1 aromatic rings. The van der Waals surface area contributed by atoms with Crippen LogP contribution in [0.4, 0.5) is 10.9 Å². The summed E-state index contributed by atoms with van der Waals surface area (Å²) in [5.41, 5.74) is 5.67. The van der Waals surface area contributed by atoms with Crippen LogP contribution in [-0.4, -0.2) is 31.0 Å². The van der Waals surface area contributed by atoms with Crippen LogP contribution in [0.1, 0.15) is 23.5 Å². The first-order chi connectivity index (χ1) is 6.91. The fourth-order valence-corrected chi connectivity index (χ4v) is 1.81. The van der Waals surface area contributed by atoms with Gasteiger partial charge in [-0.3, -0.25) is 4.79 Å². The van der Waals surface area contributed by atoms with Crippen LogP contribution in [0.25, 0.3) is 0 Å². The van der Waals surface area contributed by atoms with E-state index >= 15 is 0 Å². The van der Waals surface area contributed by atoms with Crippen molar-refractivity contribution in [1.82, 2.24) is 10.3 Å². The van der Waals surface area contributed by atoms with Gasteiger partial charge in [-0.1, -0.05) is 11.3 Å². The van der Waals surface area contributed by atoms with E-state index in [-0.39, 0.29) is 11.9 Å². The van der Waals surface area contributed by atoms with Gasteiger partial charge < -0.3 is 16.0 Å². The number of anilines is 2. The summed E-state index contributed by atoms with van der Waals surface area (Å²) in [6.07, 6.45) is 0. The monoisotopic (exact) mass is 228 g/mol. The summed E-state index contributed by atoms with van der Waals surface area (Å²) >= 11 is 1.30. The number of rotatable bonds is 3. The second-order valence-electron chi connectivity index (χ2n) is 3.73. The average molecular weight is 228 g/mol. The minimum absolute atomic E-state index is 0.0989. The Hall–Kier alpha value is -1.30. The van der Waals surface area contributed by atoms with E-state index in [1.807, 2.05) is 32.8 Å². The van der Waals surface area contributed by atoms with Crippen LogP contribution in [0.15, 0.2) is 0 Å². The van der Waals surface area contributed by atoms with Gasteiger partial charge in [-0.25, -0.2) is 4.98 Å². The van der Waals surface area contributed by atoms with E-state index < -0.39 is 0 Å². The summed E-state index contributed by atoms with van der Waals surface area (Å²) in [5.74, 6) is 0.134. The maximum absolute atomic E-state index is 11.7. The Morgan fingerprint density at radius 2 is 2.13 bits per heavy atom. The van der Waals surface area contributed by atoms with Gasteiger partial charge in [0.1, 0.15) is 10.7 Å². The largest absolute Gasteiger partial charge is 0.382 e. The lowest BCUT2D eigenvalue weighted by Gasteiger charge is -2.06. The SMILES string of the molecule is CC(C)NC(=O)c1sc(N(C)C)nc1N. The molecule has 1 aromatic heterocycles. The van der Waals surface area contributed by atoms with Crippen LogP contribution in [0.5, 0.6) is 0 Å². The molecule has 1 heterocycles. The summed E-state index contributed by atoms with van der Waals surface area (Å²) in [7, 11) is 3.73. The van der Waals surface area contributed by atoms with Crippen LogP contribution in [0, 0.1) is 0 Å². The lowest BCUT2D eigenvalue weighted by molar-refractivity contribution is 0.0948. The Bertz CT molecular complexity index is 359. The summed E-state index contributed by atoms with van der Waals surface area (Å²) in [5, 5.41) is 3.52. The molecule has 5 nitrogen and oxygen atoms in total. The first-order valence-corrected chi connectivity index (χ1v) is 5.48. The Morgan fingerprint density at radius 1 is 1.53 bits per heavy atom. The summed E-state index contributed by atoms with van der Waals surface area (Å²) in [4.78, 5) is 18.1. The first-order valence-electron chi connectivity index (χ1n) is 4.66. The molecule has 0 saturated carbocycles. The Morgan fingerprint density at radius 3 is 2.53 bits per heavy atom. The average Bonchev–Trinajstić information content (AvgIpc) is 2.46. The number of nitrogen functional groups attached to an aromatic ring is 1. The molecule has 15 heavy (non-hydrogen) atoms. The quantitative estimate of drug-likeness (QED) is 0.807. The Kier molecular flexibility index (Phi) is 3.52. The molecule has 0 spiro atoms. The number of hydrogen-bond donors (Lipinski definition) is 2. The molecule has 0 atom stereocenters. The van der Waals surface area contributed by atoms with Crippen LogP contribution >= 0.6 is 11.3 Å². The van der Waals surface area contributed by atoms with Crippen molar-refractivity contribution in [3.63, 3.8) is 0 Å². The second-order valence-corrected chi connectivity index (χ2v) is 4.71. The molecule has 1 amide bonds. The molecular weight excluding hydrogens is 212 g/mol. The van der Waals surface area contributed by atoms with Crippen LogP contribution in [0.2, 0.25) is 0 Å². The number of nitrogens with two attached hydrogens (primary N) is 1. The van der Waals surface area contributed by atoms with Gasteiger partial charge >= 0.3 is 0 Å². The van der Waals surface area contributed by atoms with Crippen molar-refractivity contribution < 1.29 is 4.79 Å². The number of hydrogen-bond acceptors (Lipinski definition) is 5.